The molecular weight excluding hydrogens is 280 g/mol. The average molecular weight is 312 g/mol. The molecule has 0 aromatic rings. The molecule has 1 amide bonds. The molecule has 0 spiro atoms. The number of amides is 1. The maximum Gasteiger partial charge on any atom is 0.410 e. The van der Waals surface area contributed by atoms with E-state index in [1.54, 1.807) is 0 Å². The van der Waals surface area contributed by atoms with Gasteiger partial charge in [-0.2, -0.15) is 0 Å². The van der Waals surface area contributed by atoms with Crippen LogP contribution in [0.1, 0.15) is 53.4 Å². The van der Waals surface area contributed by atoms with E-state index >= 15 is 0 Å². The van der Waals surface area contributed by atoms with Crippen molar-refractivity contribution in [3.63, 3.8) is 0 Å². The van der Waals surface area contributed by atoms with E-state index < -0.39 is 5.60 Å². The van der Waals surface area contributed by atoms with Crippen molar-refractivity contribution in [1.29, 1.82) is 0 Å². The number of nitrogens with one attached hydrogen (secondary N) is 1. The largest absolute Gasteiger partial charge is 0.444 e. The molecule has 0 aromatic carbocycles. The molecule has 1 rings (SSSR count). The quantitative estimate of drug-likeness (QED) is 0.603. The fraction of sp³-hybridized carbons (Fsp3) is 0.875. The molecule has 0 aliphatic carbocycles. The molecule has 6 heteroatoms. The van der Waals surface area contributed by atoms with E-state index in [9.17, 15) is 4.79 Å². The molecule has 0 radical (unpaired) electrons. The second-order valence-corrected chi connectivity index (χ2v) is 6.92. The first-order chi connectivity index (χ1) is 10.3. The number of guanidine groups is 1. The molecular formula is C16H32N4O2. The number of ether oxygens (including phenoxy) is 1. The minimum Gasteiger partial charge on any atom is -0.444 e. The standard InChI is InChI=1S/C16H32N4O2/c1-5-9-18-14(17)19-10-8-13-7-6-11-20(12-13)15(21)22-16(2,3)4/h13H,5-12H2,1-4H3,(H3,17,18,19). The van der Waals surface area contributed by atoms with Gasteiger partial charge in [-0.1, -0.05) is 6.92 Å². The van der Waals surface area contributed by atoms with Crippen LogP contribution in [0, 0.1) is 5.92 Å². The summed E-state index contributed by atoms with van der Waals surface area (Å²) in [7, 11) is 0. The number of piperidine rings is 1. The van der Waals surface area contributed by atoms with Gasteiger partial charge in [0.1, 0.15) is 5.60 Å². The van der Waals surface area contributed by atoms with Crippen LogP contribution in [0.15, 0.2) is 4.99 Å². The van der Waals surface area contributed by atoms with E-state index in [0.717, 1.165) is 51.9 Å². The summed E-state index contributed by atoms with van der Waals surface area (Å²) in [6.07, 6.45) is 3.96. The lowest BCUT2D eigenvalue weighted by molar-refractivity contribution is 0.0162. The van der Waals surface area contributed by atoms with Crippen molar-refractivity contribution < 1.29 is 9.53 Å². The van der Waals surface area contributed by atoms with Crippen molar-refractivity contribution in [2.75, 3.05) is 26.2 Å². The first-order valence-corrected chi connectivity index (χ1v) is 8.33. The summed E-state index contributed by atoms with van der Waals surface area (Å²) in [6.45, 7) is 10.9. The van der Waals surface area contributed by atoms with Gasteiger partial charge in [0.15, 0.2) is 5.96 Å². The van der Waals surface area contributed by atoms with Crippen LogP contribution in [-0.2, 0) is 4.74 Å². The van der Waals surface area contributed by atoms with Crippen molar-refractivity contribution >= 4 is 12.1 Å². The molecule has 1 heterocycles. The van der Waals surface area contributed by atoms with Gasteiger partial charge >= 0.3 is 6.09 Å². The molecule has 6 nitrogen and oxygen atoms in total. The van der Waals surface area contributed by atoms with Crippen LogP contribution in [0.25, 0.3) is 0 Å². The zero-order valence-corrected chi connectivity index (χ0v) is 14.5. The number of carbonyl (C=O) groups excluding carboxylic acids is 1. The number of nitrogens with two attached hydrogens (primary N) is 1. The van der Waals surface area contributed by atoms with Crippen LogP contribution >= 0.6 is 0 Å². The number of rotatable bonds is 5. The van der Waals surface area contributed by atoms with Crippen molar-refractivity contribution in [2.24, 2.45) is 16.6 Å². The Kier molecular flexibility index (Phi) is 7.48. The van der Waals surface area contributed by atoms with Crippen LogP contribution in [0.5, 0.6) is 0 Å². The Morgan fingerprint density at radius 3 is 2.82 bits per heavy atom. The fourth-order valence-electron chi connectivity index (χ4n) is 2.49. The highest BCUT2D eigenvalue weighted by Crippen LogP contribution is 2.21. The predicted molar refractivity (Wildman–Crippen MR) is 89.9 cm³/mol. The normalized spacial score (nSPS) is 19.9. The molecule has 0 saturated carbocycles. The zero-order valence-electron chi connectivity index (χ0n) is 14.5. The highest BCUT2D eigenvalue weighted by Gasteiger charge is 2.27. The first kappa shape index (κ1) is 18.6. The summed E-state index contributed by atoms with van der Waals surface area (Å²) in [5.74, 6) is 1.01. The van der Waals surface area contributed by atoms with Crippen LogP contribution in [0.3, 0.4) is 0 Å². The summed E-state index contributed by atoms with van der Waals surface area (Å²) >= 11 is 0. The minimum absolute atomic E-state index is 0.200. The lowest BCUT2D eigenvalue weighted by Gasteiger charge is -2.34. The fourth-order valence-corrected chi connectivity index (χ4v) is 2.49. The lowest BCUT2D eigenvalue weighted by Crippen LogP contribution is -2.43. The summed E-state index contributed by atoms with van der Waals surface area (Å²) in [5, 5.41) is 3.14. The van der Waals surface area contributed by atoms with Gasteiger partial charge in [0, 0.05) is 26.2 Å². The Labute approximate surface area is 134 Å². The Morgan fingerprint density at radius 1 is 1.45 bits per heavy atom. The molecule has 3 N–H and O–H groups in total. The number of carbonyl (C=O) groups is 1. The van der Waals surface area contributed by atoms with Crippen LogP contribution in [0.2, 0.25) is 0 Å². The van der Waals surface area contributed by atoms with Gasteiger partial charge in [0.2, 0.25) is 0 Å². The molecule has 22 heavy (non-hydrogen) atoms. The van der Waals surface area contributed by atoms with E-state index in [0.29, 0.717) is 11.9 Å². The Morgan fingerprint density at radius 2 is 2.18 bits per heavy atom. The molecule has 1 aliphatic heterocycles. The van der Waals surface area contributed by atoms with E-state index in [-0.39, 0.29) is 6.09 Å². The van der Waals surface area contributed by atoms with Gasteiger partial charge in [-0.05, 0) is 52.4 Å². The van der Waals surface area contributed by atoms with Gasteiger partial charge in [-0.15, -0.1) is 0 Å². The Balaban J connectivity index is 2.33. The maximum atomic E-state index is 12.1. The maximum absolute atomic E-state index is 12.1. The van der Waals surface area contributed by atoms with Crippen molar-refractivity contribution in [1.82, 2.24) is 10.2 Å². The molecule has 128 valence electrons. The zero-order chi connectivity index (χ0) is 16.6. The summed E-state index contributed by atoms with van der Waals surface area (Å²) in [4.78, 5) is 18.1. The number of hydrogen-bond acceptors (Lipinski definition) is 3. The van der Waals surface area contributed by atoms with Crippen molar-refractivity contribution in [3.8, 4) is 0 Å². The third kappa shape index (κ3) is 7.52. The SMILES string of the molecule is CCCN=C(N)NCCC1CCCN(C(=O)OC(C)(C)C)C1. The molecule has 1 atom stereocenters. The molecule has 1 unspecified atom stereocenters. The predicted octanol–water partition coefficient (Wildman–Crippen LogP) is 2.34. The van der Waals surface area contributed by atoms with Crippen LogP contribution in [-0.4, -0.2) is 48.7 Å². The lowest BCUT2D eigenvalue weighted by atomic mass is 9.95. The third-order valence-corrected chi connectivity index (χ3v) is 3.54. The summed E-state index contributed by atoms with van der Waals surface area (Å²) < 4.78 is 5.44. The van der Waals surface area contributed by atoms with Gasteiger partial charge in [-0.3, -0.25) is 4.99 Å². The van der Waals surface area contributed by atoms with Gasteiger partial charge in [-0.25, -0.2) is 4.79 Å². The number of aliphatic imine (C=N–C) groups is 1. The Bertz CT molecular complexity index is 377. The van der Waals surface area contributed by atoms with Gasteiger partial charge in [0.05, 0.1) is 0 Å². The third-order valence-electron chi connectivity index (χ3n) is 3.54. The highest BCUT2D eigenvalue weighted by atomic mass is 16.6. The van der Waals surface area contributed by atoms with E-state index in [2.05, 4.69) is 17.2 Å². The summed E-state index contributed by atoms with van der Waals surface area (Å²) in [6, 6.07) is 0. The second kappa shape index (κ2) is 8.86. The van der Waals surface area contributed by atoms with Crippen molar-refractivity contribution in [3.05, 3.63) is 0 Å². The van der Waals surface area contributed by atoms with Crippen LogP contribution in [0.4, 0.5) is 4.79 Å². The molecule has 1 fully saturated rings. The van der Waals surface area contributed by atoms with E-state index in [1.165, 1.54) is 0 Å². The highest BCUT2D eigenvalue weighted by molar-refractivity contribution is 5.77. The topological polar surface area (TPSA) is 80.0 Å². The monoisotopic (exact) mass is 312 g/mol. The van der Waals surface area contributed by atoms with Crippen molar-refractivity contribution in [2.45, 2.75) is 59.0 Å². The summed E-state index contributed by atoms with van der Waals surface area (Å²) in [5.41, 5.74) is 5.34. The molecule has 0 aromatic heterocycles. The second-order valence-electron chi connectivity index (χ2n) is 6.92. The van der Waals surface area contributed by atoms with Gasteiger partial charge < -0.3 is 20.7 Å². The van der Waals surface area contributed by atoms with Crippen LogP contribution < -0.4 is 11.1 Å². The minimum atomic E-state index is -0.435. The molecule has 0 bridgehead atoms. The molecule has 1 saturated heterocycles. The van der Waals surface area contributed by atoms with E-state index in [4.69, 9.17) is 10.5 Å². The average Bonchev–Trinajstić information content (AvgIpc) is 2.43. The number of hydrogen-bond donors (Lipinski definition) is 2. The van der Waals surface area contributed by atoms with E-state index in [1.807, 2.05) is 25.7 Å². The number of nitrogens with zero attached hydrogens (tertiary/aromatic N) is 2. The molecule has 1 aliphatic rings. The first-order valence-electron chi connectivity index (χ1n) is 8.33. The smallest absolute Gasteiger partial charge is 0.410 e. The Hall–Kier alpha value is -1.46. The van der Waals surface area contributed by atoms with Gasteiger partial charge in [0.25, 0.3) is 0 Å². The number of likely N-dealkylation sites (tertiary alicyclic amines) is 1.